The fourth-order valence-electron chi connectivity index (χ4n) is 2.64. The Morgan fingerprint density at radius 2 is 1.80 bits per heavy atom. The monoisotopic (exact) mass is 423 g/mol. The number of hydrogen-bond acceptors (Lipinski definition) is 5. The van der Waals surface area contributed by atoms with E-state index >= 15 is 0 Å². The number of rotatable bonds is 3. The fourth-order valence-corrected chi connectivity index (χ4v) is 3.74. The van der Waals surface area contributed by atoms with E-state index in [0.717, 1.165) is 39.8 Å². The van der Waals surface area contributed by atoms with Gasteiger partial charge < -0.3 is 9.80 Å². The Morgan fingerprint density at radius 1 is 1.16 bits per heavy atom. The van der Waals surface area contributed by atoms with Crippen molar-refractivity contribution in [3.8, 4) is 0 Å². The van der Waals surface area contributed by atoms with Gasteiger partial charge in [0.25, 0.3) is 11.1 Å². The van der Waals surface area contributed by atoms with Crippen LogP contribution in [0.1, 0.15) is 5.56 Å². The van der Waals surface area contributed by atoms with Crippen LogP contribution in [0.3, 0.4) is 0 Å². The summed E-state index contributed by atoms with van der Waals surface area (Å²) in [6.45, 7) is 2.67. The molecule has 0 bridgehead atoms. The van der Waals surface area contributed by atoms with Gasteiger partial charge >= 0.3 is 0 Å². The van der Waals surface area contributed by atoms with Gasteiger partial charge in [-0.1, -0.05) is 28.1 Å². The molecular weight excluding hydrogens is 406 g/mol. The highest BCUT2D eigenvalue weighted by Crippen LogP contribution is 2.32. The zero-order valence-corrected chi connectivity index (χ0v) is 16.2. The summed E-state index contributed by atoms with van der Waals surface area (Å²) in [5, 5.41) is -0.393. The highest BCUT2D eigenvalue weighted by molar-refractivity contribution is 9.10. The molecule has 2 aliphatic heterocycles. The standard InChI is InChI=1S/C17H18BrN3O3S/c1-19-6-8-20(9-7-19)15(22)11-21-16(23)14(25-17(21)24)10-12-2-4-13(18)5-3-12/h2-5,10H,6-9,11H2,1H3/b14-10+. The van der Waals surface area contributed by atoms with E-state index in [4.69, 9.17) is 0 Å². The maximum absolute atomic E-state index is 12.5. The first kappa shape index (κ1) is 18.2. The van der Waals surface area contributed by atoms with Crippen molar-refractivity contribution in [3.63, 3.8) is 0 Å². The molecule has 3 amide bonds. The molecule has 2 aliphatic rings. The Labute approximate surface area is 158 Å². The lowest BCUT2D eigenvalue weighted by Gasteiger charge is -2.33. The highest BCUT2D eigenvalue weighted by atomic mass is 79.9. The first-order valence-corrected chi connectivity index (χ1v) is 9.52. The van der Waals surface area contributed by atoms with Crippen molar-refractivity contribution in [2.24, 2.45) is 0 Å². The number of carbonyl (C=O) groups excluding carboxylic acids is 3. The third kappa shape index (κ3) is 4.31. The Kier molecular flexibility index (Phi) is 5.61. The van der Waals surface area contributed by atoms with Crippen molar-refractivity contribution in [2.45, 2.75) is 0 Å². The number of imide groups is 1. The second-order valence-electron chi connectivity index (χ2n) is 6.00. The van der Waals surface area contributed by atoms with Crippen molar-refractivity contribution in [3.05, 3.63) is 39.2 Å². The summed E-state index contributed by atoms with van der Waals surface area (Å²) in [4.78, 5) is 42.3. The average Bonchev–Trinajstić information content (AvgIpc) is 2.85. The van der Waals surface area contributed by atoms with Crippen LogP contribution >= 0.6 is 27.7 Å². The molecule has 2 saturated heterocycles. The zero-order chi connectivity index (χ0) is 18.0. The van der Waals surface area contributed by atoms with Crippen molar-refractivity contribution >= 4 is 50.8 Å². The summed E-state index contributed by atoms with van der Waals surface area (Å²) < 4.78 is 0.940. The Morgan fingerprint density at radius 3 is 2.44 bits per heavy atom. The van der Waals surface area contributed by atoms with Gasteiger partial charge in [-0.3, -0.25) is 19.3 Å². The molecule has 3 rings (SSSR count). The average molecular weight is 424 g/mol. The van der Waals surface area contributed by atoms with Crippen LogP contribution in [-0.4, -0.2) is 71.5 Å². The molecule has 1 aromatic rings. The number of hydrogen-bond donors (Lipinski definition) is 0. The molecule has 0 atom stereocenters. The predicted octanol–water partition coefficient (Wildman–Crippen LogP) is 2.26. The Hall–Kier alpha value is -1.64. The van der Waals surface area contributed by atoms with Crippen LogP contribution in [0.15, 0.2) is 33.6 Å². The van der Waals surface area contributed by atoms with Gasteiger partial charge in [-0.05, 0) is 42.6 Å². The predicted molar refractivity (Wildman–Crippen MR) is 101 cm³/mol. The first-order chi connectivity index (χ1) is 11.9. The van der Waals surface area contributed by atoms with Crippen LogP contribution < -0.4 is 0 Å². The van der Waals surface area contributed by atoms with Crippen molar-refractivity contribution in [1.82, 2.24) is 14.7 Å². The molecule has 1 aromatic carbocycles. The van der Waals surface area contributed by atoms with E-state index in [2.05, 4.69) is 20.8 Å². The summed E-state index contributed by atoms with van der Waals surface area (Å²) in [6, 6.07) is 7.45. The minimum atomic E-state index is -0.402. The van der Waals surface area contributed by atoms with Crippen molar-refractivity contribution in [2.75, 3.05) is 39.8 Å². The smallest absolute Gasteiger partial charge is 0.294 e. The molecule has 8 heteroatoms. The van der Waals surface area contributed by atoms with Crippen molar-refractivity contribution in [1.29, 1.82) is 0 Å². The minimum Gasteiger partial charge on any atom is -0.339 e. The van der Waals surface area contributed by atoms with Gasteiger partial charge in [0, 0.05) is 30.7 Å². The van der Waals surface area contributed by atoms with Crippen LogP contribution in [-0.2, 0) is 9.59 Å². The van der Waals surface area contributed by atoms with E-state index in [-0.39, 0.29) is 12.5 Å². The third-order valence-electron chi connectivity index (χ3n) is 4.19. The van der Waals surface area contributed by atoms with E-state index in [1.165, 1.54) is 0 Å². The number of benzene rings is 1. The van der Waals surface area contributed by atoms with Gasteiger partial charge in [-0.25, -0.2) is 0 Å². The van der Waals surface area contributed by atoms with E-state index in [1.807, 2.05) is 31.3 Å². The normalized spacial score (nSPS) is 20.6. The summed E-state index contributed by atoms with van der Waals surface area (Å²) in [5.41, 5.74) is 0.832. The SMILES string of the molecule is CN1CCN(C(=O)CN2C(=O)S/C(=C/c3ccc(Br)cc3)C2=O)CC1. The number of carbonyl (C=O) groups is 3. The van der Waals surface area contributed by atoms with Gasteiger partial charge in [-0.2, -0.15) is 0 Å². The summed E-state index contributed by atoms with van der Waals surface area (Å²) >= 11 is 4.24. The number of nitrogens with zero attached hydrogens (tertiary/aromatic N) is 3. The molecule has 2 fully saturated rings. The van der Waals surface area contributed by atoms with Gasteiger partial charge in [0.2, 0.25) is 5.91 Å². The van der Waals surface area contributed by atoms with Crippen LogP contribution in [0.2, 0.25) is 0 Å². The maximum Gasteiger partial charge on any atom is 0.294 e. The number of thioether (sulfide) groups is 1. The maximum atomic E-state index is 12.5. The fraction of sp³-hybridized carbons (Fsp3) is 0.353. The molecule has 0 unspecified atom stereocenters. The first-order valence-electron chi connectivity index (χ1n) is 7.91. The summed E-state index contributed by atoms with van der Waals surface area (Å²) in [6.07, 6.45) is 1.68. The van der Waals surface area contributed by atoms with Gasteiger partial charge in [0.15, 0.2) is 0 Å². The van der Waals surface area contributed by atoms with Crippen LogP contribution in [0.5, 0.6) is 0 Å². The molecule has 0 radical (unpaired) electrons. The largest absolute Gasteiger partial charge is 0.339 e. The number of halogens is 1. The third-order valence-corrected chi connectivity index (χ3v) is 5.63. The molecule has 0 saturated carbocycles. The minimum absolute atomic E-state index is 0.180. The topological polar surface area (TPSA) is 60.9 Å². The summed E-state index contributed by atoms with van der Waals surface area (Å²) in [7, 11) is 2.01. The Balaban J connectivity index is 1.67. The molecule has 0 aliphatic carbocycles. The quantitative estimate of drug-likeness (QED) is 0.697. The lowest BCUT2D eigenvalue weighted by Crippen LogP contribution is -2.50. The van der Waals surface area contributed by atoms with E-state index < -0.39 is 11.1 Å². The molecule has 2 heterocycles. The van der Waals surface area contributed by atoms with Crippen molar-refractivity contribution < 1.29 is 14.4 Å². The summed E-state index contributed by atoms with van der Waals surface area (Å²) in [5.74, 6) is -0.583. The molecule has 0 N–H and O–H groups in total. The van der Waals surface area contributed by atoms with E-state index in [1.54, 1.807) is 11.0 Å². The van der Waals surface area contributed by atoms with Gasteiger partial charge in [-0.15, -0.1) is 0 Å². The zero-order valence-electron chi connectivity index (χ0n) is 13.8. The van der Waals surface area contributed by atoms with Gasteiger partial charge in [0.1, 0.15) is 6.54 Å². The molecule has 0 spiro atoms. The molecule has 132 valence electrons. The van der Waals surface area contributed by atoms with Crippen LogP contribution in [0.25, 0.3) is 6.08 Å². The van der Waals surface area contributed by atoms with Crippen LogP contribution in [0.4, 0.5) is 4.79 Å². The lowest BCUT2D eigenvalue weighted by atomic mass is 10.2. The molecule has 0 aromatic heterocycles. The molecule has 25 heavy (non-hydrogen) atoms. The lowest BCUT2D eigenvalue weighted by molar-refractivity contribution is -0.137. The highest BCUT2D eigenvalue weighted by Gasteiger charge is 2.37. The second kappa shape index (κ2) is 7.72. The van der Waals surface area contributed by atoms with Crippen LogP contribution in [0, 0.1) is 0 Å². The molecule has 6 nitrogen and oxygen atoms in total. The second-order valence-corrected chi connectivity index (χ2v) is 7.91. The van der Waals surface area contributed by atoms with Gasteiger partial charge in [0.05, 0.1) is 4.91 Å². The number of likely N-dealkylation sites (N-methyl/N-ethyl adjacent to an activating group) is 1. The molecular formula is C17H18BrN3O3S. The number of piperazine rings is 1. The number of amides is 3. The van der Waals surface area contributed by atoms with E-state index in [9.17, 15) is 14.4 Å². The van der Waals surface area contributed by atoms with E-state index in [0.29, 0.717) is 18.0 Å². The Bertz CT molecular complexity index is 727.